The van der Waals surface area contributed by atoms with Gasteiger partial charge < -0.3 is 4.90 Å². The maximum atomic E-state index is 15.5. The van der Waals surface area contributed by atoms with Gasteiger partial charge >= 0.3 is 0 Å². The lowest BCUT2D eigenvalue weighted by atomic mass is 9.95. The van der Waals surface area contributed by atoms with Crippen molar-refractivity contribution in [3.05, 3.63) is 53.6 Å². The van der Waals surface area contributed by atoms with Crippen LogP contribution in [0.5, 0.6) is 0 Å². The number of nitrogens with zero attached hydrogens (tertiary/aromatic N) is 6. The first-order valence-electron chi connectivity index (χ1n) is 10.3. The molecule has 1 aromatic carbocycles. The zero-order chi connectivity index (χ0) is 25.5. The highest BCUT2D eigenvalue weighted by Crippen LogP contribution is 2.35. The predicted octanol–water partition coefficient (Wildman–Crippen LogP) is 5.31. The summed E-state index contributed by atoms with van der Waals surface area (Å²) in [6.45, 7) is 2.89. The molecule has 4 rings (SSSR count). The second-order valence-corrected chi connectivity index (χ2v) is 8.22. The lowest BCUT2D eigenvalue weighted by Crippen LogP contribution is -2.27. The molecule has 3 heterocycles. The lowest BCUT2D eigenvalue weighted by molar-refractivity contribution is 0.0570. The Morgan fingerprint density at radius 1 is 1.09 bits per heavy atom. The molecule has 0 aliphatic heterocycles. The number of halogens is 6. The van der Waals surface area contributed by atoms with Gasteiger partial charge in [0.05, 0.1) is 28.6 Å². The fraction of sp³-hybridized carbons (Fsp3) is 0.304. The number of rotatable bonds is 5. The summed E-state index contributed by atoms with van der Waals surface area (Å²) in [6.07, 6.45) is -4.70. The second kappa shape index (κ2) is 9.05. The molecule has 0 saturated heterocycles. The largest absolute Gasteiger partial charge is 0.317 e. The lowest BCUT2D eigenvalue weighted by Gasteiger charge is -2.25. The molecule has 0 aliphatic rings. The van der Waals surface area contributed by atoms with Crippen LogP contribution in [0.3, 0.4) is 0 Å². The van der Waals surface area contributed by atoms with E-state index in [2.05, 4.69) is 32.0 Å². The van der Waals surface area contributed by atoms with Gasteiger partial charge in [-0.15, -0.1) is 10.2 Å². The van der Waals surface area contributed by atoms with E-state index in [4.69, 9.17) is 0 Å². The Balaban J connectivity index is 1.97. The maximum absolute atomic E-state index is 15.5. The number of aromatic nitrogens is 5. The summed E-state index contributed by atoms with van der Waals surface area (Å²) in [7, 11) is 0. The Bertz CT molecular complexity index is 1470. The molecule has 0 saturated carbocycles. The Morgan fingerprint density at radius 2 is 1.83 bits per heavy atom. The number of benzene rings is 1. The first-order valence-corrected chi connectivity index (χ1v) is 10.3. The fourth-order valence-electron chi connectivity index (χ4n) is 3.41. The molecule has 4 aromatic rings. The summed E-state index contributed by atoms with van der Waals surface area (Å²) in [6, 6.07) is 5.16. The smallest absolute Gasteiger partial charge is 0.257 e. The molecule has 12 heteroatoms. The average molecular weight is 492 g/mol. The first kappa shape index (κ1) is 24.3. The van der Waals surface area contributed by atoms with Gasteiger partial charge in [-0.2, -0.15) is 4.98 Å². The van der Waals surface area contributed by atoms with Crippen molar-refractivity contribution >= 4 is 28.2 Å². The van der Waals surface area contributed by atoms with Gasteiger partial charge in [0, 0.05) is 6.20 Å². The minimum absolute atomic E-state index is 0.0111. The van der Waals surface area contributed by atoms with E-state index in [0.29, 0.717) is 5.82 Å². The molecule has 182 valence electrons. The molecule has 0 aliphatic carbocycles. The summed E-state index contributed by atoms with van der Waals surface area (Å²) in [5, 5.41) is 7.63. The van der Waals surface area contributed by atoms with Gasteiger partial charge in [0.25, 0.3) is 18.6 Å². The van der Waals surface area contributed by atoms with Crippen LogP contribution in [0.4, 0.5) is 37.8 Å². The van der Waals surface area contributed by atoms with Gasteiger partial charge in [-0.1, -0.05) is 12.0 Å². The molecule has 0 unspecified atom stereocenters. The Morgan fingerprint density at radius 3 is 2.51 bits per heavy atom. The number of anilines is 2. The molecule has 3 aromatic heterocycles. The number of aryl methyl sites for hydroxylation is 1. The van der Waals surface area contributed by atoms with Crippen molar-refractivity contribution in [2.75, 3.05) is 11.4 Å². The zero-order valence-electron chi connectivity index (χ0n) is 18.7. The summed E-state index contributed by atoms with van der Waals surface area (Å²) < 4.78 is 85.5. The van der Waals surface area contributed by atoms with Crippen molar-refractivity contribution in [3.8, 4) is 11.8 Å². The molecule has 6 nitrogen and oxygen atoms in total. The number of hydrogen-bond donors (Lipinski definition) is 0. The van der Waals surface area contributed by atoms with Crippen LogP contribution in [0.2, 0.25) is 0 Å². The molecular formula is C23H18F6N6. The van der Waals surface area contributed by atoms with Crippen LogP contribution < -0.4 is 4.90 Å². The summed E-state index contributed by atoms with van der Waals surface area (Å²) >= 11 is 0. The fourth-order valence-corrected chi connectivity index (χ4v) is 3.41. The minimum Gasteiger partial charge on any atom is -0.317 e. The topological polar surface area (TPSA) is 59.2 Å². The molecule has 0 fully saturated rings. The Hall–Kier alpha value is -3.88. The number of pyridine rings is 1. The van der Waals surface area contributed by atoms with Crippen molar-refractivity contribution in [2.24, 2.45) is 5.41 Å². The number of fused-ring (bicyclic) bond motifs is 3. The van der Waals surface area contributed by atoms with Crippen LogP contribution in [0, 0.1) is 35.8 Å². The summed E-state index contributed by atoms with van der Waals surface area (Å²) in [4.78, 5) is 8.77. The summed E-state index contributed by atoms with van der Waals surface area (Å²) in [5.74, 6) is 2.64. The second-order valence-electron chi connectivity index (χ2n) is 8.22. The molecule has 0 spiro atoms. The van der Waals surface area contributed by atoms with E-state index in [9.17, 15) is 17.6 Å². The highest BCUT2D eigenvalue weighted by molar-refractivity contribution is 5.94. The van der Waals surface area contributed by atoms with Crippen LogP contribution in [0.15, 0.2) is 30.5 Å². The standard InChI is InChI=1S/C23H18F6N6/c1-12-32-33-22-31-20(18-13(24)5-4-6-15(18)35(12)22)34(11-17(25)26)16-8-10-30-14(19(16)27)7-9-23(2,3)21(28)29/h4-6,8,10,17,21H,11H2,1-3H3. The van der Waals surface area contributed by atoms with Crippen molar-refractivity contribution in [3.63, 3.8) is 0 Å². The van der Waals surface area contributed by atoms with E-state index in [1.165, 1.54) is 30.4 Å². The third kappa shape index (κ3) is 4.45. The molecule has 0 amide bonds. The SMILES string of the molecule is Cc1nnc2nc(N(CC(F)F)c3ccnc(C#CC(C)(C)C(F)F)c3F)c3c(F)cccc3n12. The van der Waals surface area contributed by atoms with E-state index < -0.39 is 47.8 Å². The van der Waals surface area contributed by atoms with Gasteiger partial charge in [0.2, 0.25) is 0 Å². The molecule has 35 heavy (non-hydrogen) atoms. The van der Waals surface area contributed by atoms with E-state index >= 15 is 8.78 Å². The minimum atomic E-state index is -2.98. The van der Waals surface area contributed by atoms with Gasteiger partial charge in [-0.25, -0.2) is 31.3 Å². The van der Waals surface area contributed by atoms with Gasteiger partial charge in [0.1, 0.15) is 17.5 Å². The molecule has 0 atom stereocenters. The predicted molar refractivity (Wildman–Crippen MR) is 117 cm³/mol. The van der Waals surface area contributed by atoms with E-state index in [0.717, 1.165) is 23.2 Å². The summed E-state index contributed by atoms with van der Waals surface area (Å²) in [5.41, 5.74) is -2.48. The normalized spacial score (nSPS) is 12.0. The van der Waals surface area contributed by atoms with Crippen molar-refractivity contribution in [1.29, 1.82) is 0 Å². The van der Waals surface area contributed by atoms with Crippen LogP contribution in [0.1, 0.15) is 25.4 Å². The average Bonchev–Trinajstić information content (AvgIpc) is 3.17. The highest BCUT2D eigenvalue weighted by atomic mass is 19.3. The third-order valence-electron chi connectivity index (χ3n) is 5.25. The Labute approximate surface area is 195 Å². The number of hydrogen-bond acceptors (Lipinski definition) is 5. The van der Waals surface area contributed by atoms with Crippen molar-refractivity contribution in [1.82, 2.24) is 24.6 Å². The molecule has 0 bridgehead atoms. The first-order chi connectivity index (χ1) is 16.5. The van der Waals surface area contributed by atoms with Crippen LogP contribution in [0.25, 0.3) is 16.7 Å². The van der Waals surface area contributed by atoms with Crippen molar-refractivity contribution < 1.29 is 26.3 Å². The van der Waals surface area contributed by atoms with Gasteiger partial charge in [0.15, 0.2) is 11.5 Å². The Kier molecular flexibility index (Phi) is 6.27. The van der Waals surface area contributed by atoms with E-state index in [1.54, 1.807) is 6.92 Å². The van der Waals surface area contributed by atoms with Crippen molar-refractivity contribution in [2.45, 2.75) is 33.6 Å². The molecule has 0 N–H and O–H groups in total. The van der Waals surface area contributed by atoms with Crippen LogP contribution >= 0.6 is 0 Å². The number of alkyl halides is 4. The van der Waals surface area contributed by atoms with Gasteiger partial charge in [-0.3, -0.25) is 4.40 Å². The molecular weight excluding hydrogens is 474 g/mol. The van der Waals surface area contributed by atoms with E-state index in [1.807, 2.05) is 0 Å². The third-order valence-corrected chi connectivity index (χ3v) is 5.25. The molecule has 0 radical (unpaired) electrons. The van der Waals surface area contributed by atoms with Crippen LogP contribution in [-0.2, 0) is 0 Å². The quantitative estimate of drug-likeness (QED) is 0.279. The zero-order valence-corrected chi connectivity index (χ0v) is 18.7. The maximum Gasteiger partial charge on any atom is 0.257 e. The monoisotopic (exact) mass is 492 g/mol. The van der Waals surface area contributed by atoms with Gasteiger partial charge in [-0.05, 0) is 44.9 Å². The van der Waals surface area contributed by atoms with Crippen LogP contribution in [-0.4, -0.2) is 44.0 Å². The van der Waals surface area contributed by atoms with E-state index in [-0.39, 0.29) is 22.5 Å². The highest BCUT2D eigenvalue weighted by Gasteiger charge is 2.28.